The Kier molecular flexibility index (Phi) is 7.74. The number of carbonyl (C=O) groups excluding carboxylic acids is 2. The molecular weight excluding hydrogens is 480 g/mol. The predicted octanol–water partition coefficient (Wildman–Crippen LogP) is 1.91. The maximum atomic E-state index is 12.4. The van der Waals surface area contributed by atoms with Crippen LogP contribution in [-0.2, 0) is 19.1 Å². The summed E-state index contributed by atoms with van der Waals surface area (Å²) in [6, 6.07) is 0. The summed E-state index contributed by atoms with van der Waals surface area (Å²) in [5, 5.41) is 51.5. The fourth-order valence-corrected chi connectivity index (χ4v) is 8.07. The van der Waals surface area contributed by atoms with Gasteiger partial charge < -0.3 is 30.3 Å². The molecule has 9 heteroatoms. The van der Waals surface area contributed by atoms with Crippen LogP contribution in [0.5, 0.6) is 0 Å². The van der Waals surface area contributed by atoms with Gasteiger partial charge in [-0.15, -0.1) is 0 Å². The number of fused-ring (bicyclic) bond motifs is 5. The first-order valence-electron chi connectivity index (χ1n) is 13.4. The van der Waals surface area contributed by atoms with Crippen molar-refractivity contribution in [3.05, 3.63) is 23.8 Å². The van der Waals surface area contributed by atoms with Crippen LogP contribution in [0.1, 0.15) is 71.6 Å². The minimum Gasteiger partial charge on any atom is -0.481 e. The Morgan fingerprint density at radius 3 is 2.62 bits per heavy atom. The van der Waals surface area contributed by atoms with Crippen LogP contribution in [0, 0.1) is 28.6 Å². The van der Waals surface area contributed by atoms with Crippen molar-refractivity contribution in [2.45, 2.75) is 95.5 Å². The Bertz CT molecular complexity index is 988. The molecule has 4 rings (SSSR count). The molecule has 9 atom stereocenters. The molecule has 4 aliphatic carbocycles. The smallest absolute Gasteiger partial charge is 0.305 e. The fourth-order valence-electron chi connectivity index (χ4n) is 8.07. The van der Waals surface area contributed by atoms with Crippen molar-refractivity contribution in [1.29, 1.82) is 0 Å². The highest BCUT2D eigenvalue weighted by Crippen LogP contribution is 2.67. The molecular formula is C28H40O9. The van der Waals surface area contributed by atoms with Gasteiger partial charge in [-0.1, -0.05) is 25.5 Å². The normalized spacial score (nSPS) is 40.2. The molecule has 0 aromatic carbocycles. The van der Waals surface area contributed by atoms with Gasteiger partial charge in [0.25, 0.3) is 0 Å². The molecule has 0 bridgehead atoms. The number of carboxylic acids is 1. The van der Waals surface area contributed by atoms with Gasteiger partial charge in [0.1, 0.15) is 6.61 Å². The summed E-state index contributed by atoms with van der Waals surface area (Å²) in [6.07, 6.45) is 5.00. The number of allylic oxidation sites excluding steroid dienone is 4. The summed E-state index contributed by atoms with van der Waals surface area (Å²) in [5.74, 6) is -1.42. The topological polar surface area (TPSA) is 162 Å². The molecule has 0 radical (unpaired) electrons. The summed E-state index contributed by atoms with van der Waals surface area (Å²) >= 11 is 0. The van der Waals surface area contributed by atoms with E-state index < -0.39 is 47.7 Å². The Labute approximate surface area is 217 Å². The van der Waals surface area contributed by atoms with Crippen molar-refractivity contribution in [1.82, 2.24) is 0 Å². The molecule has 3 saturated carbocycles. The number of rotatable bonds is 9. The highest BCUT2D eigenvalue weighted by molar-refractivity contribution is 6.01. The molecule has 0 spiro atoms. The van der Waals surface area contributed by atoms with Crippen molar-refractivity contribution in [3.63, 3.8) is 0 Å². The Morgan fingerprint density at radius 1 is 1.19 bits per heavy atom. The predicted molar refractivity (Wildman–Crippen MR) is 132 cm³/mol. The first-order chi connectivity index (χ1) is 17.3. The summed E-state index contributed by atoms with van der Waals surface area (Å²) < 4.78 is 5.12. The van der Waals surface area contributed by atoms with Gasteiger partial charge in [-0.2, -0.15) is 0 Å². The third kappa shape index (κ3) is 5.15. The summed E-state index contributed by atoms with van der Waals surface area (Å²) in [7, 11) is 0. The van der Waals surface area contributed by atoms with Gasteiger partial charge in [-0.05, 0) is 62.5 Å². The zero-order valence-corrected chi connectivity index (χ0v) is 21.6. The van der Waals surface area contributed by atoms with Gasteiger partial charge in [-0.3, -0.25) is 14.4 Å². The van der Waals surface area contributed by atoms with E-state index in [1.165, 1.54) is 0 Å². The van der Waals surface area contributed by atoms with E-state index in [2.05, 4.69) is 6.92 Å². The summed E-state index contributed by atoms with van der Waals surface area (Å²) in [6.45, 7) is 3.77. The summed E-state index contributed by atoms with van der Waals surface area (Å²) in [5.41, 5.74) is -1.01. The van der Waals surface area contributed by atoms with E-state index in [0.29, 0.717) is 12.8 Å². The molecule has 5 N–H and O–H groups in total. The van der Waals surface area contributed by atoms with Gasteiger partial charge in [0.05, 0.1) is 30.3 Å². The molecule has 0 heterocycles. The van der Waals surface area contributed by atoms with Crippen molar-refractivity contribution in [2.24, 2.45) is 28.6 Å². The highest BCUT2D eigenvalue weighted by Gasteiger charge is 2.65. The molecule has 0 amide bonds. The van der Waals surface area contributed by atoms with E-state index >= 15 is 0 Å². The van der Waals surface area contributed by atoms with Crippen molar-refractivity contribution < 1.29 is 44.7 Å². The van der Waals surface area contributed by atoms with E-state index in [-0.39, 0.29) is 54.8 Å². The first-order valence-corrected chi connectivity index (χ1v) is 13.4. The maximum Gasteiger partial charge on any atom is 0.305 e. The minimum absolute atomic E-state index is 0.00727. The van der Waals surface area contributed by atoms with Crippen LogP contribution < -0.4 is 0 Å². The second-order valence-corrected chi connectivity index (χ2v) is 12.1. The van der Waals surface area contributed by atoms with E-state index in [1.54, 1.807) is 12.2 Å². The van der Waals surface area contributed by atoms with Crippen LogP contribution in [0.15, 0.2) is 23.8 Å². The number of hydrogen-bond acceptors (Lipinski definition) is 8. The number of ether oxygens (including phenoxy) is 1. The van der Waals surface area contributed by atoms with Crippen LogP contribution in [-0.4, -0.2) is 73.8 Å². The second kappa shape index (κ2) is 10.2. The number of hydrogen-bond donors (Lipinski definition) is 5. The zero-order valence-electron chi connectivity index (χ0n) is 21.6. The molecule has 4 aliphatic rings. The molecule has 0 saturated heterocycles. The number of aliphatic hydroxyl groups is 4. The standard InChI is InChI=1S/C28H40O9/c1-26-8-5-17(29)11-16(26)3-4-20-21-6-9-28(36,27(21,2)14-22(32)25(20)26)10-7-24(35)37-15-19(31)12-18(30)13-23(33)34/h5,8,11,18-22,25,30-32,36H,3-4,6-7,9-10,12-15H2,1-2H3,(H,33,34)/t18-,19+,20?,21?,22+,25?,26+,27+,28+/m1/s1. The van der Waals surface area contributed by atoms with Crippen LogP contribution >= 0.6 is 0 Å². The number of carboxylic acid groups (broad SMARTS) is 1. The Balaban J connectivity index is 1.37. The van der Waals surface area contributed by atoms with Crippen LogP contribution in [0.4, 0.5) is 0 Å². The van der Waals surface area contributed by atoms with Crippen LogP contribution in [0.25, 0.3) is 0 Å². The molecule has 0 aromatic rings. The highest BCUT2D eigenvalue weighted by atomic mass is 16.5. The molecule has 206 valence electrons. The largest absolute Gasteiger partial charge is 0.481 e. The average molecular weight is 521 g/mol. The van der Waals surface area contributed by atoms with E-state index in [1.807, 2.05) is 13.0 Å². The third-order valence-electron chi connectivity index (χ3n) is 9.95. The van der Waals surface area contributed by atoms with Gasteiger partial charge in [0.15, 0.2) is 5.78 Å². The molecule has 37 heavy (non-hydrogen) atoms. The van der Waals surface area contributed by atoms with Crippen LogP contribution in [0.3, 0.4) is 0 Å². The maximum absolute atomic E-state index is 12.4. The lowest BCUT2D eigenvalue weighted by molar-refractivity contribution is -0.170. The minimum atomic E-state index is -1.23. The lowest BCUT2D eigenvalue weighted by Crippen LogP contribution is -2.59. The lowest BCUT2D eigenvalue weighted by Gasteiger charge is -2.60. The number of ketones is 1. The third-order valence-corrected chi connectivity index (χ3v) is 9.95. The van der Waals surface area contributed by atoms with Gasteiger partial charge in [0, 0.05) is 29.6 Å². The van der Waals surface area contributed by atoms with E-state index in [9.17, 15) is 34.8 Å². The van der Waals surface area contributed by atoms with E-state index in [4.69, 9.17) is 9.84 Å². The Hall–Kier alpha value is -2.07. The van der Waals surface area contributed by atoms with Gasteiger partial charge in [0.2, 0.25) is 0 Å². The summed E-state index contributed by atoms with van der Waals surface area (Å²) in [4.78, 5) is 35.0. The molecule has 3 fully saturated rings. The molecule has 3 unspecified atom stereocenters. The number of carbonyl (C=O) groups is 3. The van der Waals surface area contributed by atoms with Crippen molar-refractivity contribution in [2.75, 3.05) is 6.61 Å². The fraction of sp³-hybridized carbons (Fsp3) is 0.750. The van der Waals surface area contributed by atoms with Crippen molar-refractivity contribution in [3.8, 4) is 0 Å². The zero-order chi connectivity index (χ0) is 27.2. The Morgan fingerprint density at radius 2 is 1.92 bits per heavy atom. The molecule has 0 aliphatic heterocycles. The SMILES string of the molecule is C[C@]12C=CC(=O)C=C1CCC1C2[C@@H](O)C[C@@]2(C)C1CC[C@]2(O)CCC(=O)OC[C@@H](O)C[C@@H](O)CC(=O)O. The van der Waals surface area contributed by atoms with E-state index in [0.717, 1.165) is 24.8 Å². The number of aliphatic carboxylic acids is 1. The number of aliphatic hydroxyl groups excluding tert-OH is 3. The number of esters is 1. The lowest BCUT2D eigenvalue weighted by atomic mass is 9.46. The van der Waals surface area contributed by atoms with Gasteiger partial charge in [-0.25, -0.2) is 0 Å². The first kappa shape index (κ1) is 28.0. The molecule has 0 aromatic heterocycles. The van der Waals surface area contributed by atoms with Gasteiger partial charge >= 0.3 is 11.9 Å². The second-order valence-electron chi connectivity index (χ2n) is 12.1. The average Bonchev–Trinajstić information content (AvgIpc) is 3.06. The molecule has 9 nitrogen and oxygen atoms in total. The quantitative estimate of drug-likeness (QED) is 0.286. The van der Waals surface area contributed by atoms with Crippen LogP contribution in [0.2, 0.25) is 0 Å². The van der Waals surface area contributed by atoms with Crippen molar-refractivity contribution >= 4 is 17.7 Å². The monoisotopic (exact) mass is 520 g/mol.